The van der Waals surface area contributed by atoms with Gasteiger partial charge >= 0.3 is 5.97 Å². The number of carbonyl (C=O) groups is 2. The molecule has 2 aromatic heterocycles. The van der Waals surface area contributed by atoms with Crippen molar-refractivity contribution in [1.29, 1.82) is 0 Å². The van der Waals surface area contributed by atoms with Crippen LogP contribution in [-0.2, 0) is 4.79 Å². The first-order valence-electron chi connectivity index (χ1n) is 8.46. The summed E-state index contributed by atoms with van der Waals surface area (Å²) >= 11 is 1.51. The van der Waals surface area contributed by atoms with Crippen molar-refractivity contribution in [2.45, 2.75) is 20.3 Å². The molecule has 2 N–H and O–H groups in total. The molecule has 7 nitrogen and oxygen atoms in total. The third-order valence-electron chi connectivity index (χ3n) is 4.17. The van der Waals surface area contributed by atoms with E-state index in [4.69, 9.17) is 5.11 Å². The molecule has 0 aliphatic carbocycles. The average molecular weight is 384 g/mol. The van der Waals surface area contributed by atoms with Crippen molar-refractivity contribution in [3.8, 4) is 16.4 Å². The molecule has 0 saturated carbocycles. The molecule has 0 aliphatic rings. The number of thiophene rings is 1. The van der Waals surface area contributed by atoms with Gasteiger partial charge < -0.3 is 10.4 Å². The zero-order valence-corrected chi connectivity index (χ0v) is 15.9. The number of hydrogen-bond donors (Lipinski definition) is 2. The van der Waals surface area contributed by atoms with Crippen LogP contribution in [0.15, 0.2) is 47.8 Å². The van der Waals surface area contributed by atoms with E-state index in [1.165, 1.54) is 11.3 Å². The predicted octanol–water partition coefficient (Wildman–Crippen LogP) is 3.23. The minimum atomic E-state index is -0.910. The third kappa shape index (κ3) is 4.22. The molecule has 0 saturated heterocycles. The highest BCUT2D eigenvalue weighted by atomic mass is 32.1. The molecule has 8 heteroatoms. The summed E-state index contributed by atoms with van der Waals surface area (Å²) in [5.74, 6) is -0.686. The number of nitrogens with zero attached hydrogens (tertiary/aromatic N) is 3. The Kier molecular flexibility index (Phi) is 5.36. The molecule has 3 aromatic rings. The second-order valence-electron chi connectivity index (χ2n) is 6.68. The molecule has 27 heavy (non-hydrogen) atoms. The zero-order valence-electron chi connectivity index (χ0n) is 15.0. The number of hydrogen-bond acceptors (Lipinski definition) is 5. The SMILES string of the molecule is CC(C)(CCNC(=O)c1nc(-c2cccs2)n(-c2ccccc2)n1)C(=O)O. The van der Waals surface area contributed by atoms with Gasteiger partial charge in [0.05, 0.1) is 16.0 Å². The molecule has 0 atom stereocenters. The van der Waals surface area contributed by atoms with Crippen molar-refractivity contribution >= 4 is 23.2 Å². The quantitative estimate of drug-likeness (QED) is 0.652. The summed E-state index contributed by atoms with van der Waals surface area (Å²) in [7, 11) is 0. The van der Waals surface area contributed by atoms with Gasteiger partial charge in [0.1, 0.15) is 0 Å². The van der Waals surface area contributed by atoms with Gasteiger partial charge in [0.25, 0.3) is 5.91 Å². The number of carboxylic acids is 1. The number of carboxylic acid groups (broad SMARTS) is 1. The van der Waals surface area contributed by atoms with Crippen LogP contribution in [0.5, 0.6) is 0 Å². The number of nitrogens with one attached hydrogen (secondary N) is 1. The van der Waals surface area contributed by atoms with E-state index in [9.17, 15) is 9.59 Å². The highest BCUT2D eigenvalue weighted by Gasteiger charge is 2.27. The van der Waals surface area contributed by atoms with E-state index < -0.39 is 17.3 Å². The van der Waals surface area contributed by atoms with Crippen LogP contribution >= 0.6 is 11.3 Å². The monoisotopic (exact) mass is 384 g/mol. The minimum Gasteiger partial charge on any atom is -0.481 e. The number of benzene rings is 1. The fourth-order valence-corrected chi connectivity index (χ4v) is 3.10. The lowest BCUT2D eigenvalue weighted by atomic mass is 9.90. The van der Waals surface area contributed by atoms with E-state index in [1.807, 2.05) is 47.8 Å². The first kappa shape index (κ1) is 18.8. The molecule has 0 fully saturated rings. The maximum absolute atomic E-state index is 12.5. The maximum Gasteiger partial charge on any atom is 0.309 e. The van der Waals surface area contributed by atoms with Crippen molar-refractivity contribution in [3.63, 3.8) is 0 Å². The summed E-state index contributed by atoms with van der Waals surface area (Å²) < 4.78 is 1.64. The summed E-state index contributed by atoms with van der Waals surface area (Å²) in [4.78, 5) is 29.0. The van der Waals surface area contributed by atoms with Gasteiger partial charge in [0.2, 0.25) is 5.82 Å². The number of aliphatic carboxylic acids is 1. The van der Waals surface area contributed by atoms with E-state index >= 15 is 0 Å². The number of amides is 1. The zero-order chi connectivity index (χ0) is 19.4. The van der Waals surface area contributed by atoms with E-state index in [0.717, 1.165) is 10.6 Å². The Morgan fingerprint density at radius 3 is 2.56 bits per heavy atom. The Balaban J connectivity index is 1.82. The second kappa shape index (κ2) is 7.71. The number of aromatic nitrogens is 3. The highest BCUT2D eigenvalue weighted by molar-refractivity contribution is 7.13. The predicted molar refractivity (Wildman–Crippen MR) is 103 cm³/mol. The Labute approximate surface area is 160 Å². The van der Waals surface area contributed by atoms with Gasteiger partial charge in [-0.3, -0.25) is 9.59 Å². The lowest BCUT2D eigenvalue weighted by Crippen LogP contribution is -2.32. The standard InChI is InChI=1S/C19H20N4O3S/c1-19(2,18(25)26)10-11-20-17(24)15-21-16(14-9-6-12-27-14)23(22-15)13-7-4-3-5-8-13/h3-9,12H,10-11H2,1-2H3,(H,20,24)(H,25,26). The summed E-state index contributed by atoms with van der Waals surface area (Å²) in [5.41, 5.74) is -0.105. The van der Waals surface area contributed by atoms with E-state index in [0.29, 0.717) is 12.2 Å². The van der Waals surface area contributed by atoms with Crippen molar-refractivity contribution < 1.29 is 14.7 Å². The van der Waals surface area contributed by atoms with Crippen molar-refractivity contribution in [2.24, 2.45) is 5.41 Å². The van der Waals surface area contributed by atoms with Gasteiger partial charge in [-0.05, 0) is 43.8 Å². The van der Waals surface area contributed by atoms with Gasteiger partial charge in [-0.25, -0.2) is 9.67 Å². The van der Waals surface area contributed by atoms with Crippen LogP contribution in [0.1, 0.15) is 30.9 Å². The van der Waals surface area contributed by atoms with Crippen molar-refractivity contribution in [3.05, 3.63) is 53.7 Å². The summed E-state index contributed by atoms with van der Waals surface area (Å²) in [6, 6.07) is 13.3. The van der Waals surface area contributed by atoms with Crippen LogP contribution in [0.4, 0.5) is 0 Å². The van der Waals surface area contributed by atoms with Crippen LogP contribution in [0.25, 0.3) is 16.4 Å². The number of rotatable bonds is 7. The molecule has 1 aromatic carbocycles. The number of carbonyl (C=O) groups excluding carboxylic acids is 1. The van der Waals surface area contributed by atoms with E-state index in [-0.39, 0.29) is 12.4 Å². The molecule has 0 aliphatic heterocycles. The van der Waals surface area contributed by atoms with Gasteiger partial charge in [-0.2, -0.15) is 0 Å². The molecular formula is C19H20N4O3S. The van der Waals surface area contributed by atoms with Crippen molar-refractivity contribution in [1.82, 2.24) is 20.1 Å². The fraction of sp³-hybridized carbons (Fsp3) is 0.263. The van der Waals surface area contributed by atoms with Gasteiger partial charge in [0, 0.05) is 6.54 Å². The first-order chi connectivity index (χ1) is 12.9. The van der Waals surface area contributed by atoms with Crippen LogP contribution in [0, 0.1) is 5.41 Å². The normalized spacial score (nSPS) is 11.3. The molecular weight excluding hydrogens is 364 g/mol. The van der Waals surface area contributed by atoms with Gasteiger partial charge in [0.15, 0.2) is 5.82 Å². The van der Waals surface area contributed by atoms with E-state index in [2.05, 4.69) is 15.4 Å². The smallest absolute Gasteiger partial charge is 0.309 e. The first-order valence-corrected chi connectivity index (χ1v) is 9.34. The summed E-state index contributed by atoms with van der Waals surface area (Å²) in [6.07, 6.45) is 0.311. The van der Waals surface area contributed by atoms with Gasteiger partial charge in [-0.1, -0.05) is 24.3 Å². The topological polar surface area (TPSA) is 97.1 Å². The Bertz CT molecular complexity index is 933. The molecule has 0 unspecified atom stereocenters. The lowest BCUT2D eigenvalue weighted by molar-refractivity contribution is -0.147. The molecule has 0 bridgehead atoms. The van der Waals surface area contributed by atoms with Crippen LogP contribution in [-0.4, -0.2) is 38.3 Å². The molecule has 1 amide bonds. The van der Waals surface area contributed by atoms with Crippen LogP contribution in [0.3, 0.4) is 0 Å². The average Bonchev–Trinajstić information content (AvgIpc) is 3.31. The highest BCUT2D eigenvalue weighted by Crippen LogP contribution is 2.25. The summed E-state index contributed by atoms with van der Waals surface area (Å²) in [6.45, 7) is 3.48. The molecule has 3 rings (SSSR count). The number of para-hydroxylation sites is 1. The fourth-order valence-electron chi connectivity index (χ4n) is 2.40. The third-order valence-corrected chi connectivity index (χ3v) is 5.03. The Morgan fingerprint density at radius 2 is 1.93 bits per heavy atom. The van der Waals surface area contributed by atoms with E-state index in [1.54, 1.807) is 18.5 Å². The van der Waals surface area contributed by atoms with Gasteiger partial charge in [-0.15, -0.1) is 16.4 Å². The molecule has 0 radical (unpaired) electrons. The Hall–Kier alpha value is -3.00. The molecule has 140 valence electrons. The maximum atomic E-state index is 12.5. The molecule has 2 heterocycles. The lowest BCUT2D eigenvalue weighted by Gasteiger charge is -2.18. The van der Waals surface area contributed by atoms with Crippen LogP contribution < -0.4 is 5.32 Å². The largest absolute Gasteiger partial charge is 0.481 e. The second-order valence-corrected chi connectivity index (χ2v) is 7.63. The molecule has 0 spiro atoms. The van der Waals surface area contributed by atoms with Crippen molar-refractivity contribution in [2.75, 3.05) is 6.54 Å². The Morgan fingerprint density at radius 1 is 1.19 bits per heavy atom. The summed E-state index contributed by atoms with van der Waals surface area (Å²) in [5, 5.41) is 18.2. The van der Waals surface area contributed by atoms with Crippen LogP contribution in [0.2, 0.25) is 0 Å². The minimum absolute atomic E-state index is 0.0513.